The number of aryl methyl sites for hydroxylation is 4. The van der Waals surface area contributed by atoms with Crippen LogP contribution in [0.5, 0.6) is 0 Å². The lowest BCUT2D eigenvalue weighted by Gasteiger charge is -2.18. The Morgan fingerprint density at radius 2 is 1.90 bits per heavy atom. The number of aromatic nitrogens is 3. The minimum absolute atomic E-state index is 0.0306. The fraction of sp³-hybridized carbons (Fsp3) is 0.467. The lowest BCUT2D eigenvalue weighted by atomic mass is 10.0. The summed E-state index contributed by atoms with van der Waals surface area (Å²) in [5.41, 5.74) is 8.24. The highest BCUT2D eigenvalue weighted by atomic mass is 79.9. The first kappa shape index (κ1) is 16.1. The number of nitrogens with zero attached hydrogens (tertiary/aromatic N) is 3. The van der Waals surface area contributed by atoms with Gasteiger partial charge < -0.3 is 0 Å². The predicted octanol–water partition coefficient (Wildman–Crippen LogP) is 2.73. The molecule has 114 valence electrons. The topological polar surface area (TPSA) is 68.8 Å². The van der Waals surface area contributed by atoms with E-state index in [1.807, 2.05) is 25.5 Å². The number of hydrogen-bond acceptors (Lipinski definition) is 4. The van der Waals surface area contributed by atoms with E-state index < -0.39 is 0 Å². The van der Waals surface area contributed by atoms with Crippen molar-refractivity contribution in [3.05, 3.63) is 44.9 Å². The third-order valence-corrected chi connectivity index (χ3v) is 4.59. The third-order valence-electron chi connectivity index (χ3n) is 3.56. The molecule has 3 N–H and O–H groups in total. The van der Waals surface area contributed by atoms with Crippen molar-refractivity contribution < 1.29 is 0 Å². The molecule has 0 radical (unpaired) electrons. The second-order valence-corrected chi connectivity index (χ2v) is 6.06. The summed E-state index contributed by atoms with van der Waals surface area (Å²) >= 11 is 3.64. The molecule has 0 amide bonds. The summed E-state index contributed by atoms with van der Waals surface area (Å²) in [4.78, 5) is 4.42. The fourth-order valence-electron chi connectivity index (χ4n) is 2.60. The van der Waals surface area contributed by atoms with E-state index in [-0.39, 0.29) is 6.04 Å². The van der Waals surface area contributed by atoms with E-state index in [9.17, 15) is 0 Å². The zero-order chi connectivity index (χ0) is 15.6. The van der Waals surface area contributed by atoms with Crippen molar-refractivity contribution in [2.45, 2.75) is 46.7 Å². The van der Waals surface area contributed by atoms with Gasteiger partial charge in [-0.05, 0) is 61.3 Å². The highest BCUT2D eigenvalue weighted by Crippen LogP contribution is 2.26. The van der Waals surface area contributed by atoms with Gasteiger partial charge in [0.1, 0.15) is 0 Å². The summed E-state index contributed by atoms with van der Waals surface area (Å²) in [7, 11) is 0. The molecule has 1 atom stereocenters. The maximum absolute atomic E-state index is 5.79. The van der Waals surface area contributed by atoms with Gasteiger partial charge in [0.25, 0.3) is 0 Å². The number of pyridine rings is 1. The van der Waals surface area contributed by atoms with Crippen LogP contribution in [0, 0.1) is 20.8 Å². The SMILES string of the molecule is CCn1nc(C)c(Br)c1CC(NN)c1cc(C)nc(C)c1. The average Bonchev–Trinajstić information content (AvgIpc) is 2.70. The molecule has 5 nitrogen and oxygen atoms in total. The van der Waals surface area contributed by atoms with Gasteiger partial charge in [0.05, 0.1) is 21.9 Å². The maximum Gasteiger partial charge on any atom is 0.0738 e. The number of nitrogens with one attached hydrogen (secondary N) is 1. The summed E-state index contributed by atoms with van der Waals surface area (Å²) in [5.74, 6) is 5.79. The van der Waals surface area contributed by atoms with Crippen LogP contribution in [0.2, 0.25) is 0 Å². The normalized spacial score (nSPS) is 12.7. The van der Waals surface area contributed by atoms with E-state index in [2.05, 4.69) is 50.5 Å². The molecule has 0 aromatic carbocycles. The highest BCUT2D eigenvalue weighted by molar-refractivity contribution is 9.10. The Morgan fingerprint density at radius 1 is 1.29 bits per heavy atom. The zero-order valence-electron chi connectivity index (χ0n) is 12.9. The number of hydrogen-bond donors (Lipinski definition) is 2. The predicted molar refractivity (Wildman–Crippen MR) is 87.8 cm³/mol. The smallest absolute Gasteiger partial charge is 0.0738 e. The van der Waals surface area contributed by atoms with E-state index in [0.717, 1.165) is 45.8 Å². The molecule has 1 unspecified atom stereocenters. The number of hydrazine groups is 1. The van der Waals surface area contributed by atoms with E-state index in [4.69, 9.17) is 5.84 Å². The molecule has 2 aromatic heterocycles. The van der Waals surface area contributed by atoms with Crippen LogP contribution in [0.1, 0.15) is 41.3 Å². The Morgan fingerprint density at radius 3 is 2.43 bits per heavy atom. The van der Waals surface area contributed by atoms with E-state index >= 15 is 0 Å². The Kier molecular flexibility index (Phi) is 5.13. The molecule has 2 heterocycles. The van der Waals surface area contributed by atoms with Gasteiger partial charge in [-0.25, -0.2) is 0 Å². The average molecular weight is 352 g/mol. The van der Waals surface area contributed by atoms with Crippen molar-refractivity contribution in [1.29, 1.82) is 0 Å². The first-order valence-corrected chi connectivity index (χ1v) is 7.88. The molecule has 0 saturated carbocycles. The Bertz CT molecular complexity index is 615. The fourth-order valence-corrected chi connectivity index (χ4v) is 3.04. The molecule has 0 fully saturated rings. The first-order valence-electron chi connectivity index (χ1n) is 7.09. The molecule has 0 aliphatic rings. The summed E-state index contributed by atoms with van der Waals surface area (Å²) in [6.07, 6.45) is 0.772. The minimum Gasteiger partial charge on any atom is -0.271 e. The highest BCUT2D eigenvalue weighted by Gasteiger charge is 2.18. The van der Waals surface area contributed by atoms with Crippen LogP contribution >= 0.6 is 15.9 Å². The van der Waals surface area contributed by atoms with Crippen LogP contribution in [0.25, 0.3) is 0 Å². The van der Waals surface area contributed by atoms with Gasteiger partial charge in [-0.2, -0.15) is 5.10 Å². The van der Waals surface area contributed by atoms with Gasteiger partial charge in [-0.3, -0.25) is 20.9 Å². The largest absolute Gasteiger partial charge is 0.271 e. The van der Waals surface area contributed by atoms with Crippen LogP contribution in [-0.2, 0) is 13.0 Å². The summed E-state index contributed by atoms with van der Waals surface area (Å²) in [6.45, 7) is 8.94. The molecular weight excluding hydrogens is 330 g/mol. The second kappa shape index (κ2) is 6.68. The van der Waals surface area contributed by atoms with E-state index in [1.54, 1.807) is 0 Å². The summed E-state index contributed by atoms with van der Waals surface area (Å²) in [5, 5.41) is 4.53. The van der Waals surface area contributed by atoms with Crippen LogP contribution in [0.4, 0.5) is 0 Å². The standard InChI is InChI=1S/C15H22BrN5/c1-5-21-14(15(16)11(4)20-21)8-13(19-17)12-6-9(2)18-10(3)7-12/h6-7,13,19H,5,8,17H2,1-4H3. The number of nitrogens with two attached hydrogens (primary N) is 1. The Hall–Kier alpha value is -1.24. The number of rotatable bonds is 5. The van der Waals surface area contributed by atoms with Crippen molar-refractivity contribution in [2.24, 2.45) is 5.84 Å². The van der Waals surface area contributed by atoms with Crippen molar-refractivity contribution >= 4 is 15.9 Å². The van der Waals surface area contributed by atoms with E-state index in [0.29, 0.717) is 0 Å². The molecule has 0 spiro atoms. The molecule has 2 aromatic rings. The monoisotopic (exact) mass is 351 g/mol. The summed E-state index contributed by atoms with van der Waals surface area (Å²) < 4.78 is 3.08. The first-order chi connectivity index (χ1) is 9.96. The number of halogens is 1. The van der Waals surface area contributed by atoms with Gasteiger partial charge >= 0.3 is 0 Å². The summed E-state index contributed by atoms with van der Waals surface area (Å²) in [6, 6.07) is 4.18. The molecule has 0 aliphatic carbocycles. The van der Waals surface area contributed by atoms with E-state index in [1.165, 1.54) is 0 Å². The molecule has 21 heavy (non-hydrogen) atoms. The van der Waals surface area contributed by atoms with Gasteiger partial charge in [0.15, 0.2) is 0 Å². The van der Waals surface area contributed by atoms with Gasteiger partial charge in [-0.1, -0.05) is 0 Å². The molecular formula is C15H22BrN5. The van der Waals surface area contributed by atoms with Crippen molar-refractivity contribution in [1.82, 2.24) is 20.2 Å². The molecule has 0 saturated heterocycles. The van der Waals surface area contributed by atoms with Crippen LogP contribution in [-0.4, -0.2) is 14.8 Å². The van der Waals surface area contributed by atoms with Gasteiger partial charge in [-0.15, -0.1) is 0 Å². The Balaban J connectivity index is 2.35. The van der Waals surface area contributed by atoms with Crippen molar-refractivity contribution in [3.8, 4) is 0 Å². The zero-order valence-corrected chi connectivity index (χ0v) is 14.5. The van der Waals surface area contributed by atoms with Crippen molar-refractivity contribution in [3.63, 3.8) is 0 Å². The molecule has 0 bridgehead atoms. The van der Waals surface area contributed by atoms with Crippen LogP contribution < -0.4 is 11.3 Å². The lowest BCUT2D eigenvalue weighted by molar-refractivity contribution is 0.515. The third kappa shape index (κ3) is 3.51. The quantitative estimate of drug-likeness (QED) is 0.641. The Labute approximate surface area is 134 Å². The lowest BCUT2D eigenvalue weighted by Crippen LogP contribution is -2.30. The molecule has 6 heteroatoms. The van der Waals surface area contributed by atoms with Gasteiger partial charge in [0.2, 0.25) is 0 Å². The minimum atomic E-state index is 0.0306. The molecule has 0 aliphatic heterocycles. The molecule has 2 rings (SSSR count). The maximum atomic E-state index is 5.79. The van der Waals surface area contributed by atoms with Crippen molar-refractivity contribution in [2.75, 3.05) is 0 Å². The van der Waals surface area contributed by atoms with Crippen LogP contribution in [0.15, 0.2) is 16.6 Å². The second-order valence-electron chi connectivity index (χ2n) is 5.27. The van der Waals surface area contributed by atoms with Gasteiger partial charge in [0, 0.05) is 24.4 Å². The van der Waals surface area contributed by atoms with Crippen LogP contribution in [0.3, 0.4) is 0 Å².